The fraction of sp³-hybridized carbons (Fsp3) is 0.286. The zero-order valence-corrected chi connectivity index (χ0v) is 12.8. The lowest BCUT2D eigenvalue weighted by Gasteiger charge is -2.12. The number of thioether (sulfide) groups is 1. The molecule has 0 saturated carbocycles. The first-order chi connectivity index (χ1) is 11.1. The Kier molecular flexibility index (Phi) is 4.16. The van der Waals surface area contributed by atoms with Crippen LogP contribution >= 0.6 is 11.8 Å². The van der Waals surface area contributed by atoms with Crippen LogP contribution in [0.1, 0.15) is 16.4 Å². The smallest absolute Gasteiger partial charge is 0.254 e. The summed E-state index contributed by atoms with van der Waals surface area (Å²) in [6.07, 6.45) is 2.83. The molecule has 23 heavy (non-hydrogen) atoms. The summed E-state index contributed by atoms with van der Waals surface area (Å²) in [6.45, 7) is 0. The van der Waals surface area contributed by atoms with Crippen LogP contribution in [0.4, 0.5) is 15.9 Å². The largest absolute Gasteiger partial charge is 0.365 e. The average molecular weight is 332 g/mol. The van der Waals surface area contributed by atoms with E-state index in [0.29, 0.717) is 5.69 Å². The Bertz CT molecular complexity index is 786. The maximum atomic E-state index is 13.2. The van der Waals surface area contributed by atoms with Crippen LogP contribution in [0.25, 0.3) is 0 Å². The Balaban J connectivity index is 1.93. The van der Waals surface area contributed by atoms with Gasteiger partial charge in [0, 0.05) is 35.7 Å². The van der Waals surface area contributed by atoms with Gasteiger partial charge in [-0.25, -0.2) is 4.98 Å². The number of nitriles is 1. The monoisotopic (exact) mass is 332 g/mol. The molecule has 3 heterocycles. The van der Waals surface area contributed by atoms with Crippen molar-refractivity contribution >= 4 is 29.2 Å². The Labute approximate surface area is 135 Å². The zero-order valence-electron chi connectivity index (χ0n) is 11.9. The third kappa shape index (κ3) is 3.12. The highest BCUT2D eigenvalue weighted by Crippen LogP contribution is 2.34. The lowest BCUT2D eigenvalue weighted by Crippen LogP contribution is -2.17. The average Bonchev–Trinajstić information content (AvgIpc) is 3.13. The van der Waals surface area contributed by atoms with E-state index in [0.717, 1.165) is 11.5 Å². The van der Waals surface area contributed by atoms with Crippen LogP contribution in [0.5, 0.6) is 0 Å². The van der Waals surface area contributed by atoms with E-state index in [2.05, 4.69) is 21.5 Å². The molecule has 1 amide bonds. The fourth-order valence-corrected chi connectivity index (χ4v) is 3.69. The van der Waals surface area contributed by atoms with Crippen molar-refractivity contribution in [2.45, 2.75) is 6.04 Å². The van der Waals surface area contributed by atoms with Crippen molar-refractivity contribution in [3.63, 3.8) is 0 Å². The number of halogens is 1. The molecular formula is C14H13FN6OS. The topological polar surface area (TPSA) is 110 Å². The van der Waals surface area contributed by atoms with Crippen molar-refractivity contribution in [3.05, 3.63) is 36.0 Å². The van der Waals surface area contributed by atoms with Gasteiger partial charge in [0.15, 0.2) is 5.82 Å². The maximum absolute atomic E-state index is 13.2. The quantitative estimate of drug-likeness (QED) is 0.825. The van der Waals surface area contributed by atoms with Crippen molar-refractivity contribution in [1.29, 1.82) is 5.26 Å². The molecule has 0 aliphatic carbocycles. The molecule has 0 bridgehead atoms. The van der Waals surface area contributed by atoms with E-state index in [-0.39, 0.29) is 23.3 Å². The lowest BCUT2D eigenvalue weighted by atomic mass is 10.1. The van der Waals surface area contributed by atoms with Crippen molar-refractivity contribution in [2.75, 3.05) is 16.8 Å². The number of amides is 1. The van der Waals surface area contributed by atoms with Crippen LogP contribution in [0, 0.1) is 23.2 Å². The van der Waals surface area contributed by atoms with Crippen molar-refractivity contribution in [1.82, 2.24) is 14.8 Å². The number of aromatic nitrogens is 3. The van der Waals surface area contributed by atoms with E-state index in [1.54, 1.807) is 22.5 Å². The highest BCUT2D eigenvalue weighted by Gasteiger charge is 2.31. The fourth-order valence-electron chi connectivity index (χ4n) is 2.38. The Morgan fingerprint density at radius 1 is 1.57 bits per heavy atom. The summed E-state index contributed by atoms with van der Waals surface area (Å²) in [4.78, 5) is 15.1. The number of carbonyl (C=O) groups excluding carboxylic acids is 1. The Morgan fingerprint density at radius 2 is 2.39 bits per heavy atom. The summed E-state index contributed by atoms with van der Waals surface area (Å²) in [6, 6.07) is 4.87. The minimum Gasteiger partial charge on any atom is -0.365 e. The van der Waals surface area contributed by atoms with E-state index >= 15 is 0 Å². The van der Waals surface area contributed by atoms with E-state index in [1.165, 1.54) is 18.5 Å². The number of nitrogens with one attached hydrogen (secondary N) is 1. The van der Waals surface area contributed by atoms with E-state index in [4.69, 9.17) is 5.73 Å². The van der Waals surface area contributed by atoms with Crippen LogP contribution in [0.15, 0.2) is 24.5 Å². The summed E-state index contributed by atoms with van der Waals surface area (Å²) >= 11 is 1.66. The van der Waals surface area contributed by atoms with E-state index < -0.39 is 11.9 Å². The minimum absolute atomic E-state index is 0.118. The summed E-state index contributed by atoms with van der Waals surface area (Å²) < 4.78 is 14.8. The van der Waals surface area contributed by atoms with E-state index in [9.17, 15) is 14.4 Å². The summed E-state index contributed by atoms with van der Waals surface area (Å²) in [7, 11) is 0. The Hall–Kier alpha value is -2.60. The molecule has 0 radical (unpaired) electrons. The lowest BCUT2D eigenvalue weighted by molar-refractivity contribution is 0.100. The number of anilines is 2. The maximum Gasteiger partial charge on any atom is 0.254 e. The van der Waals surface area contributed by atoms with Gasteiger partial charge in [0.1, 0.15) is 5.56 Å². The SMILES string of the molecule is N#C[C@H]1CSCC1n1cc(C(N)=O)c(Nc2ccnc(F)c2)n1. The molecule has 1 unspecified atom stereocenters. The van der Waals surface area contributed by atoms with Crippen molar-refractivity contribution in [3.8, 4) is 6.07 Å². The minimum atomic E-state index is -0.646. The van der Waals surface area contributed by atoms with Gasteiger partial charge in [-0.15, -0.1) is 0 Å². The normalized spacial score (nSPS) is 20.2. The Morgan fingerprint density at radius 3 is 3.09 bits per heavy atom. The summed E-state index contributed by atoms with van der Waals surface area (Å²) in [5, 5.41) is 16.4. The number of nitrogens with zero attached hydrogens (tertiary/aromatic N) is 4. The molecule has 0 aromatic carbocycles. The molecule has 1 aliphatic rings. The van der Waals surface area contributed by atoms with Gasteiger partial charge in [-0.3, -0.25) is 9.48 Å². The van der Waals surface area contributed by atoms with Gasteiger partial charge >= 0.3 is 0 Å². The molecule has 3 N–H and O–H groups in total. The van der Waals surface area contributed by atoms with Gasteiger partial charge in [-0.2, -0.15) is 26.5 Å². The molecule has 9 heteroatoms. The molecule has 7 nitrogen and oxygen atoms in total. The number of hydrogen-bond acceptors (Lipinski definition) is 6. The molecule has 1 fully saturated rings. The van der Waals surface area contributed by atoms with Gasteiger partial charge in [0.25, 0.3) is 5.91 Å². The van der Waals surface area contributed by atoms with Crippen LogP contribution in [0.2, 0.25) is 0 Å². The molecule has 2 aromatic heterocycles. The van der Waals surface area contributed by atoms with Gasteiger partial charge in [0.2, 0.25) is 5.95 Å². The first kappa shape index (κ1) is 15.3. The van der Waals surface area contributed by atoms with Crippen LogP contribution < -0.4 is 11.1 Å². The molecule has 2 aromatic rings. The first-order valence-electron chi connectivity index (χ1n) is 6.83. The third-order valence-electron chi connectivity index (χ3n) is 3.54. The highest BCUT2D eigenvalue weighted by molar-refractivity contribution is 7.99. The van der Waals surface area contributed by atoms with Gasteiger partial charge in [0.05, 0.1) is 18.0 Å². The second-order valence-corrected chi connectivity index (χ2v) is 6.14. The number of primary amides is 1. The predicted octanol–water partition coefficient (Wildman–Crippen LogP) is 1.69. The summed E-state index contributed by atoms with van der Waals surface area (Å²) in [5.74, 6) is 0.231. The number of hydrogen-bond donors (Lipinski definition) is 2. The standard InChI is InChI=1S/C14H13FN6OS/c15-12-3-9(1-2-18-12)19-14-10(13(17)22)5-21(20-14)11-7-23-6-8(11)4-16/h1-3,5,8,11H,6-7H2,(H2,17,22)(H,18,19,20)/t8-,11?/m0/s1. The first-order valence-corrected chi connectivity index (χ1v) is 7.99. The number of nitrogens with two attached hydrogens (primary N) is 1. The van der Waals surface area contributed by atoms with Crippen molar-refractivity contribution < 1.29 is 9.18 Å². The molecule has 3 rings (SSSR count). The molecular weight excluding hydrogens is 319 g/mol. The second-order valence-electron chi connectivity index (χ2n) is 5.07. The van der Waals surface area contributed by atoms with Gasteiger partial charge in [-0.1, -0.05) is 0 Å². The second kappa shape index (κ2) is 6.26. The van der Waals surface area contributed by atoms with Gasteiger partial charge in [-0.05, 0) is 6.07 Å². The van der Waals surface area contributed by atoms with Crippen molar-refractivity contribution in [2.24, 2.45) is 11.7 Å². The zero-order chi connectivity index (χ0) is 16.4. The van der Waals surface area contributed by atoms with Crippen LogP contribution in [0.3, 0.4) is 0 Å². The number of carbonyl (C=O) groups is 1. The molecule has 0 spiro atoms. The van der Waals surface area contributed by atoms with E-state index in [1.807, 2.05) is 0 Å². The number of pyridine rings is 1. The molecule has 1 aliphatic heterocycles. The highest BCUT2D eigenvalue weighted by atomic mass is 32.2. The predicted molar refractivity (Wildman–Crippen MR) is 83.7 cm³/mol. The van der Waals surface area contributed by atoms with Crippen LogP contribution in [-0.2, 0) is 0 Å². The van der Waals surface area contributed by atoms with Crippen LogP contribution in [-0.4, -0.2) is 32.2 Å². The molecule has 118 valence electrons. The summed E-state index contributed by atoms with van der Waals surface area (Å²) in [5.41, 5.74) is 5.98. The number of rotatable bonds is 4. The third-order valence-corrected chi connectivity index (χ3v) is 4.71. The molecule has 2 atom stereocenters. The van der Waals surface area contributed by atoms with Gasteiger partial charge < -0.3 is 11.1 Å². The molecule has 1 saturated heterocycles.